The molecule has 0 aliphatic rings. The smallest absolute Gasteiger partial charge is 0.276 e. The molecule has 0 amide bonds. The van der Waals surface area contributed by atoms with Gasteiger partial charge in [-0.3, -0.25) is 19.2 Å². The first-order chi connectivity index (χ1) is 5.46. The van der Waals surface area contributed by atoms with Gasteiger partial charge in [-0.2, -0.15) is 0 Å². The van der Waals surface area contributed by atoms with Crippen LogP contribution in [0, 0.1) is 0 Å². The van der Waals surface area contributed by atoms with Crippen LogP contribution < -0.4 is 31.9 Å². The van der Waals surface area contributed by atoms with Crippen LogP contribution in [0.2, 0.25) is 0 Å². The second-order valence-corrected chi connectivity index (χ2v) is 1.97. The lowest BCUT2D eigenvalue weighted by Crippen LogP contribution is -2.48. The van der Waals surface area contributed by atoms with Crippen LogP contribution in [-0.2, 0) is 0 Å². The number of benzene rings is 1. The van der Waals surface area contributed by atoms with Gasteiger partial charge in [-0.25, -0.2) is 0 Å². The summed E-state index contributed by atoms with van der Waals surface area (Å²) < 4.78 is 0. The van der Waals surface area contributed by atoms with Gasteiger partial charge in [0.2, 0.25) is 10.9 Å². The number of hydrogen-bond donors (Lipinski definition) is 0. The molecule has 6 nitrogen and oxygen atoms in total. The van der Waals surface area contributed by atoms with Crippen molar-refractivity contribution < 1.29 is 10.2 Å². The Hall–Kier alpha value is -1.98. The van der Waals surface area contributed by atoms with Crippen molar-refractivity contribution in [1.29, 1.82) is 0 Å². The number of rotatable bonds is 0. The summed E-state index contributed by atoms with van der Waals surface area (Å²) in [4.78, 5) is 41.6. The third-order valence-corrected chi connectivity index (χ3v) is 1.24. The highest BCUT2D eigenvalue weighted by Crippen LogP contribution is 1.99. The summed E-state index contributed by atoms with van der Waals surface area (Å²) in [7, 11) is 0. The predicted molar refractivity (Wildman–Crippen MR) is 32.8 cm³/mol. The van der Waals surface area contributed by atoms with E-state index in [2.05, 4.69) is 0 Å². The molecule has 1 rings (SSSR count). The molecule has 0 aromatic heterocycles. The molecule has 0 N–H and O–H groups in total. The second-order valence-electron chi connectivity index (χ2n) is 1.97. The molecule has 0 saturated heterocycles. The van der Waals surface area contributed by atoms with Gasteiger partial charge in [0.05, 0.1) is 0 Å². The SMILES string of the molecule is O=c1c([O-])c([O-])c(=O)c(=O)c1=O. The van der Waals surface area contributed by atoms with Gasteiger partial charge >= 0.3 is 0 Å². The van der Waals surface area contributed by atoms with E-state index in [-0.39, 0.29) is 0 Å². The van der Waals surface area contributed by atoms with Crippen LogP contribution in [-0.4, -0.2) is 0 Å². The molecule has 0 aliphatic carbocycles. The lowest BCUT2D eigenvalue weighted by molar-refractivity contribution is -0.319. The molecule has 0 unspecified atom stereocenters. The third kappa shape index (κ3) is 0.815. The molecule has 12 heavy (non-hydrogen) atoms. The van der Waals surface area contributed by atoms with Gasteiger partial charge in [-0.15, -0.1) is 0 Å². The Morgan fingerprint density at radius 3 is 1.08 bits per heavy atom. The average molecular weight is 168 g/mol. The van der Waals surface area contributed by atoms with E-state index >= 15 is 0 Å². The molecule has 6 heteroatoms. The minimum absolute atomic E-state index is 1.73. The molecule has 1 aromatic carbocycles. The summed E-state index contributed by atoms with van der Waals surface area (Å²) in [5.41, 5.74) is -6.93. The summed E-state index contributed by atoms with van der Waals surface area (Å²) in [6.45, 7) is 0. The Bertz CT molecular complexity index is 470. The van der Waals surface area contributed by atoms with Gasteiger partial charge in [0.15, 0.2) is 0 Å². The molecule has 0 spiro atoms. The first-order valence-corrected chi connectivity index (χ1v) is 2.72. The molecule has 0 atom stereocenters. The lowest BCUT2D eigenvalue weighted by atomic mass is 10.3. The maximum Gasteiger partial charge on any atom is 0.276 e. The van der Waals surface area contributed by atoms with Crippen molar-refractivity contribution in [3.63, 3.8) is 0 Å². The van der Waals surface area contributed by atoms with Crippen molar-refractivity contribution in [3.05, 3.63) is 40.9 Å². The highest BCUT2D eigenvalue weighted by atomic mass is 16.3. The summed E-state index contributed by atoms with van der Waals surface area (Å²) in [5.74, 6) is -3.46. The van der Waals surface area contributed by atoms with E-state index in [4.69, 9.17) is 0 Å². The van der Waals surface area contributed by atoms with Crippen molar-refractivity contribution in [2.24, 2.45) is 0 Å². The maximum atomic E-state index is 10.4. The fourth-order valence-corrected chi connectivity index (χ4v) is 0.619. The molecular formula is C6O6-2. The Balaban J connectivity index is 4.15. The fraction of sp³-hybridized carbons (Fsp3) is 0. The average Bonchev–Trinajstić information content (AvgIpc) is 2.08. The molecule has 0 radical (unpaired) electrons. The van der Waals surface area contributed by atoms with Gasteiger partial charge < -0.3 is 10.2 Å². The van der Waals surface area contributed by atoms with E-state index in [0.29, 0.717) is 0 Å². The van der Waals surface area contributed by atoms with Crippen LogP contribution in [0.25, 0.3) is 0 Å². The van der Waals surface area contributed by atoms with Gasteiger partial charge in [-0.05, 0) is 0 Å². The lowest BCUT2D eigenvalue weighted by Gasteiger charge is -2.11. The molecular weight excluding hydrogens is 168 g/mol. The Kier molecular flexibility index (Phi) is 1.53. The van der Waals surface area contributed by atoms with Crippen LogP contribution in [0.1, 0.15) is 0 Å². The first-order valence-electron chi connectivity index (χ1n) is 2.72. The number of hydrogen-bond acceptors (Lipinski definition) is 6. The fourth-order valence-electron chi connectivity index (χ4n) is 0.619. The molecule has 0 bridgehead atoms. The van der Waals surface area contributed by atoms with Crippen LogP contribution in [0.4, 0.5) is 0 Å². The van der Waals surface area contributed by atoms with Crippen molar-refractivity contribution in [3.8, 4) is 11.5 Å². The minimum atomic E-state index is -1.73. The van der Waals surface area contributed by atoms with Gasteiger partial charge in [0, 0.05) is 0 Å². The van der Waals surface area contributed by atoms with Gasteiger partial charge in [-0.1, -0.05) is 11.5 Å². The van der Waals surface area contributed by atoms with E-state index in [9.17, 15) is 29.4 Å². The van der Waals surface area contributed by atoms with Crippen molar-refractivity contribution in [2.75, 3.05) is 0 Å². The van der Waals surface area contributed by atoms with E-state index in [0.717, 1.165) is 0 Å². The van der Waals surface area contributed by atoms with Crippen LogP contribution in [0.5, 0.6) is 11.5 Å². The molecule has 0 saturated carbocycles. The highest BCUT2D eigenvalue weighted by Gasteiger charge is 2.05. The van der Waals surface area contributed by atoms with Crippen molar-refractivity contribution in [2.45, 2.75) is 0 Å². The maximum absolute atomic E-state index is 10.4. The van der Waals surface area contributed by atoms with Crippen LogP contribution in [0.3, 0.4) is 0 Å². The van der Waals surface area contributed by atoms with E-state index in [1.165, 1.54) is 0 Å². The summed E-state index contributed by atoms with van der Waals surface area (Å²) >= 11 is 0. The Morgan fingerprint density at radius 2 is 0.833 bits per heavy atom. The largest absolute Gasteiger partial charge is 0.870 e. The standard InChI is InChI=1S/C6H2O6/c7-1-2(8)4(10)6(12)5(11)3(1)9/h7-8H/p-2. The van der Waals surface area contributed by atoms with Gasteiger partial charge in [0.25, 0.3) is 10.9 Å². The van der Waals surface area contributed by atoms with E-state index < -0.39 is 33.2 Å². The zero-order valence-corrected chi connectivity index (χ0v) is 5.45. The quantitative estimate of drug-likeness (QED) is 0.366. The molecule has 0 fully saturated rings. The summed E-state index contributed by atoms with van der Waals surface area (Å²) in [6.07, 6.45) is 0. The monoisotopic (exact) mass is 168 g/mol. The second kappa shape index (κ2) is 2.26. The zero-order valence-electron chi connectivity index (χ0n) is 5.45. The summed E-state index contributed by atoms with van der Waals surface area (Å²) in [5, 5.41) is 20.8. The van der Waals surface area contributed by atoms with Crippen LogP contribution >= 0.6 is 0 Å². The van der Waals surface area contributed by atoms with Crippen LogP contribution in [0.15, 0.2) is 19.2 Å². The molecule has 0 heterocycles. The molecule has 1 aromatic rings. The normalized spacial score (nSPS) is 10.0. The molecule has 62 valence electrons. The predicted octanol–water partition coefficient (Wildman–Crippen LogP) is -3.85. The minimum Gasteiger partial charge on any atom is -0.870 e. The third-order valence-electron chi connectivity index (χ3n) is 1.24. The molecule has 0 aliphatic heterocycles. The summed E-state index contributed by atoms with van der Waals surface area (Å²) in [6, 6.07) is 0. The highest BCUT2D eigenvalue weighted by molar-refractivity contribution is 5.34. The van der Waals surface area contributed by atoms with E-state index in [1.54, 1.807) is 0 Å². The van der Waals surface area contributed by atoms with E-state index in [1.807, 2.05) is 0 Å². The topological polar surface area (TPSA) is 114 Å². The Labute approximate surface area is 63.7 Å². The Morgan fingerprint density at radius 1 is 0.583 bits per heavy atom. The van der Waals surface area contributed by atoms with Gasteiger partial charge in [0.1, 0.15) is 0 Å². The van der Waals surface area contributed by atoms with Crippen molar-refractivity contribution >= 4 is 0 Å². The first kappa shape index (κ1) is 8.12. The van der Waals surface area contributed by atoms with Crippen molar-refractivity contribution in [1.82, 2.24) is 0 Å². The zero-order chi connectivity index (χ0) is 9.46.